The van der Waals surface area contributed by atoms with Crippen molar-refractivity contribution in [1.82, 2.24) is 4.90 Å². The Morgan fingerprint density at radius 2 is 2.05 bits per heavy atom. The minimum atomic E-state index is 0.183. The highest BCUT2D eigenvalue weighted by Crippen LogP contribution is 2.12. The number of hydrogen-bond donors (Lipinski definition) is 0. The zero-order valence-electron chi connectivity index (χ0n) is 12.7. The molecule has 0 radical (unpaired) electrons. The van der Waals surface area contributed by atoms with Crippen LogP contribution >= 0.6 is 0 Å². The highest BCUT2D eigenvalue weighted by atomic mass is 16.5. The maximum absolute atomic E-state index is 12.4. The summed E-state index contributed by atoms with van der Waals surface area (Å²) in [6.07, 6.45) is 0. The van der Waals surface area contributed by atoms with E-state index in [4.69, 9.17) is 4.74 Å². The van der Waals surface area contributed by atoms with Gasteiger partial charge in [-0.15, -0.1) is 0 Å². The Hall–Kier alpha value is -1.19. The molecule has 0 heterocycles. The zero-order chi connectivity index (χ0) is 14.4. The van der Waals surface area contributed by atoms with Crippen molar-refractivity contribution >= 4 is 5.78 Å². The summed E-state index contributed by atoms with van der Waals surface area (Å²) in [5.41, 5.74) is 3.07. The second-order valence-electron chi connectivity index (χ2n) is 5.11. The van der Waals surface area contributed by atoms with Crippen LogP contribution in [-0.4, -0.2) is 43.5 Å². The molecule has 0 aliphatic heterocycles. The first-order chi connectivity index (χ1) is 8.99. The minimum Gasteiger partial charge on any atom is -0.383 e. The number of ether oxygens (including phenoxy) is 1. The maximum Gasteiger partial charge on any atom is 0.177 e. The Morgan fingerprint density at radius 3 is 2.58 bits per heavy atom. The molecule has 0 amide bonds. The number of likely N-dealkylation sites (N-methyl/N-ethyl adjacent to an activating group) is 1. The maximum atomic E-state index is 12.4. The molecule has 1 rings (SSSR count). The molecule has 3 heteroatoms. The number of rotatable bonds is 7. The monoisotopic (exact) mass is 263 g/mol. The molecule has 0 aromatic heterocycles. The molecule has 106 valence electrons. The summed E-state index contributed by atoms with van der Waals surface area (Å²) < 4.78 is 5.16. The number of hydrogen-bond acceptors (Lipinski definition) is 3. The second-order valence-corrected chi connectivity index (χ2v) is 5.11. The first kappa shape index (κ1) is 15.9. The molecular weight excluding hydrogens is 238 g/mol. The Kier molecular flexibility index (Phi) is 6.19. The van der Waals surface area contributed by atoms with Gasteiger partial charge in [-0.2, -0.15) is 0 Å². The summed E-state index contributed by atoms with van der Waals surface area (Å²) in [6.45, 7) is 10.1. The van der Waals surface area contributed by atoms with Gasteiger partial charge in [0.15, 0.2) is 5.78 Å². The number of aryl methyl sites for hydroxylation is 2. The fraction of sp³-hybridized carbons (Fsp3) is 0.562. The normalized spacial score (nSPS) is 12.7. The summed E-state index contributed by atoms with van der Waals surface area (Å²) in [6, 6.07) is 6.24. The van der Waals surface area contributed by atoms with Crippen molar-refractivity contribution in [2.45, 2.75) is 33.7 Å². The van der Waals surface area contributed by atoms with Crippen molar-refractivity contribution in [2.24, 2.45) is 0 Å². The highest BCUT2D eigenvalue weighted by molar-refractivity contribution is 5.99. The Balaban J connectivity index is 2.77. The van der Waals surface area contributed by atoms with Crippen molar-refractivity contribution in [3.05, 3.63) is 34.9 Å². The van der Waals surface area contributed by atoms with Gasteiger partial charge in [-0.3, -0.25) is 9.69 Å². The Bertz CT molecular complexity index is 429. The van der Waals surface area contributed by atoms with Crippen LogP contribution in [-0.2, 0) is 4.74 Å². The summed E-state index contributed by atoms with van der Waals surface area (Å²) in [4.78, 5) is 14.5. The molecule has 0 bridgehead atoms. The minimum absolute atomic E-state index is 0.183. The lowest BCUT2D eigenvalue weighted by Gasteiger charge is -2.26. The van der Waals surface area contributed by atoms with Crippen LogP contribution in [0.15, 0.2) is 18.2 Å². The predicted molar refractivity (Wildman–Crippen MR) is 78.8 cm³/mol. The van der Waals surface area contributed by atoms with Crippen LogP contribution in [0, 0.1) is 13.8 Å². The number of ketones is 1. The molecule has 1 aromatic carbocycles. The van der Waals surface area contributed by atoms with Gasteiger partial charge in [0.1, 0.15) is 0 Å². The van der Waals surface area contributed by atoms with Crippen molar-refractivity contribution in [2.75, 3.05) is 26.8 Å². The van der Waals surface area contributed by atoms with E-state index in [0.717, 1.165) is 17.7 Å². The number of methoxy groups -OCH3 is 1. The molecule has 1 aromatic rings. The van der Waals surface area contributed by atoms with Gasteiger partial charge < -0.3 is 4.74 Å². The molecule has 0 N–H and O–H groups in total. The average Bonchev–Trinajstić information content (AvgIpc) is 2.35. The van der Waals surface area contributed by atoms with Crippen molar-refractivity contribution in [3.63, 3.8) is 0 Å². The van der Waals surface area contributed by atoms with Gasteiger partial charge in [-0.05, 0) is 32.9 Å². The molecule has 0 aliphatic rings. The van der Waals surface area contributed by atoms with Gasteiger partial charge in [0.05, 0.1) is 13.2 Å². The number of benzene rings is 1. The lowest BCUT2D eigenvalue weighted by Crippen LogP contribution is -2.39. The van der Waals surface area contributed by atoms with E-state index in [0.29, 0.717) is 13.2 Å². The van der Waals surface area contributed by atoms with Gasteiger partial charge in [-0.25, -0.2) is 0 Å². The number of nitrogens with zero attached hydrogens (tertiary/aromatic N) is 1. The van der Waals surface area contributed by atoms with Crippen LogP contribution in [0.25, 0.3) is 0 Å². The van der Waals surface area contributed by atoms with Crippen molar-refractivity contribution in [3.8, 4) is 0 Å². The van der Waals surface area contributed by atoms with E-state index in [1.165, 1.54) is 5.56 Å². The number of carbonyl (C=O) groups excluding carboxylic acids is 1. The number of carbonyl (C=O) groups is 1. The van der Waals surface area contributed by atoms with E-state index < -0.39 is 0 Å². The summed E-state index contributed by atoms with van der Waals surface area (Å²) in [5.74, 6) is 0.183. The molecule has 19 heavy (non-hydrogen) atoms. The van der Waals surface area contributed by atoms with Gasteiger partial charge >= 0.3 is 0 Å². The van der Waals surface area contributed by atoms with E-state index >= 15 is 0 Å². The van der Waals surface area contributed by atoms with Crippen LogP contribution in [0.3, 0.4) is 0 Å². The summed E-state index contributed by atoms with van der Waals surface area (Å²) >= 11 is 0. The molecule has 3 nitrogen and oxygen atoms in total. The van der Waals surface area contributed by atoms with E-state index in [2.05, 4.69) is 24.8 Å². The van der Waals surface area contributed by atoms with Gasteiger partial charge in [-0.1, -0.05) is 30.7 Å². The third kappa shape index (κ3) is 4.44. The van der Waals surface area contributed by atoms with E-state index in [9.17, 15) is 4.79 Å². The lowest BCUT2D eigenvalue weighted by atomic mass is 10.0. The molecule has 1 atom stereocenters. The zero-order valence-corrected chi connectivity index (χ0v) is 12.7. The fourth-order valence-corrected chi connectivity index (χ4v) is 2.32. The van der Waals surface area contributed by atoms with Crippen molar-refractivity contribution < 1.29 is 9.53 Å². The molecule has 0 saturated heterocycles. The topological polar surface area (TPSA) is 29.5 Å². The Labute approximate surface area is 116 Å². The first-order valence-electron chi connectivity index (χ1n) is 6.83. The molecule has 1 unspecified atom stereocenters. The standard InChI is InChI=1S/C16H25NO2/c1-6-17(14(4)11-19-5)10-16(18)15-8-7-12(2)9-13(15)3/h7-9,14H,6,10-11H2,1-5H3. The molecule has 0 aliphatic carbocycles. The molecule has 0 fully saturated rings. The molecule has 0 spiro atoms. The van der Waals surface area contributed by atoms with Crippen LogP contribution in [0.4, 0.5) is 0 Å². The van der Waals surface area contributed by atoms with Crippen LogP contribution < -0.4 is 0 Å². The van der Waals surface area contributed by atoms with Crippen LogP contribution in [0.2, 0.25) is 0 Å². The molecular formula is C16H25NO2. The SMILES string of the molecule is CCN(CC(=O)c1ccc(C)cc1C)C(C)COC. The van der Waals surface area contributed by atoms with Gasteiger partial charge in [0.25, 0.3) is 0 Å². The summed E-state index contributed by atoms with van der Waals surface area (Å²) in [7, 11) is 1.69. The van der Waals surface area contributed by atoms with E-state index in [1.807, 2.05) is 26.0 Å². The van der Waals surface area contributed by atoms with E-state index in [1.54, 1.807) is 7.11 Å². The predicted octanol–water partition coefficient (Wildman–Crippen LogP) is 2.84. The fourth-order valence-electron chi connectivity index (χ4n) is 2.32. The third-order valence-corrected chi connectivity index (χ3v) is 3.47. The highest BCUT2D eigenvalue weighted by Gasteiger charge is 2.17. The van der Waals surface area contributed by atoms with Gasteiger partial charge in [0, 0.05) is 18.7 Å². The van der Waals surface area contributed by atoms with Crippen LogP contribution in [0.5, 0.6) is 0 Å². The Morgan fingerprint density at radius 1 is 1.37 bits per heavy atom. The first-order valence-corrected chi connectivity index (χ1v) is 6.83. The third-order valence-electron chi connectivity index (χ3n) is 3.47. The second kappa shape index (κ2) is 7.41. The summed E-state index contributed by atoms with van der Waals surface area (Å²) in [5, 5.41) is 0. The molecule has 0 saturated carbocycles. The smallest absolute Gasteiger partial charge is 0.177 e. The van der Waals surface area contributed by atoms with E-state index in [-0.39, 0.29) is 11.8 Å². The number of Topliss-reactive ketones (excluding diaryl/α,β-unsaturated/α-hetero) is 1. The lowest BCUT2D eigenvalue weighted by molar-refractivity contribution is 0.0787. The van der Waals surface area contributed by atoms with Crippen molar-refractivity contribution in [1.29, 1.82) is 0 Å². The quantitative estimate of drug-likeness (QED) is 0.708. The largest absolute Gasteiger partial charge is 0.383 e. The van der Waals surface area contributed by atoms with Crippen LogP contribution in [0.1, 0.15) is 35.3 Å². The van der Waals surface area contributed by atoms with Gasteiger partial charge in [0.2, 0.25) is 0 Å². The average molecular weight is 263 g/mol.